The van der Waals surface area contributed by atoms with Gasteiger partial charge in [0.15, 0.2) is 5.84 Å². The highest BCUT2D eigenvalue weighted by Crippen LogP contribution is 2.28. The van der Waals surface area contributed by atoms with Gasteiger partial charge in [0.05, 0.1) is 0 Å². The molecule has 0 radical (unpaired) electrons. The van der Waals surface area contributed by atoms with Gasteiger partial charge >= 0.3 is 6.18 Å². The molecule has 0 fully saturated rings. The highest BCUT2D eigenvalue weighted by atomic mass is 19.4. The van der Waals surface area contributed by atoms with Gasteiger partial charge in [0.2, 0.25) is 0 Å². The number of hydrogen-bond donors (Lipinski definition) is 2. The molecule has 0 saturated carbocycles. The van der Waals surface area contributed by atoms with Crippen LogP contribution in [0.3, 0.4) is 0 Å². The summed E-state index contributed by atoms with van der Waals surface area (Å²) in [5.41, 5.74) is 6.62. The van der Waals surface area contributed by atoms with Crippen LogP contribution >= 0.6 is 0 Å². The van der Waals surface area contributed by atoms with E-state index in [1.807, 2.05) is 6.07 Å². The maximum absolute atomic E-state index is 12.7. The lowest BCUT2D eigenvalue weighted by Crippen LogP contribution is -2.40. The number of alkyl halides is 3. The Hall–Kier alpha value is -1.92. The number of amidine groups is 1. The average Bonchev–Trinajstić information content (AvgIpc) is 2.31. The fourth-order valence-corrected chi connectivity index (χ4v) is 1.45. The van der Waals surface area contributed by atoms with Crippen LogP contribution in [0.15, 0.2) is 23.4 Å². The lowest BCUT2D eigenvalue weighted by molar-refractivity contribution is -0.162. The summed E-state index contributed by atoms with van der Waals surface area (Å²) in [6.45, 7) is 2.79. The average molecular weight is 276 g/mol. The van der Waals surface area contributed by atoms with Crippen molar-refractivity contribution in [2.45, 2.75) is 20.0 Å². The molecule has 0 aliphatic rings. The number of oxime groups is 1. The number of halogens is 3. The molecule has 0 saturated heterocycles. The van der Waals surface area contributed by atoms with Gasteiger partial charge in [-0.25, -0.2) is 0 Å². The highest BCUT2D eigenvalue weighted by molar-refractivity contribution is 5.83. The molecule has 1 unspecified atom stereocenters. The fourth-order valence-electron chi connectivity index (χ4n) is 1.45. The fraction of sp³-hybridized carbons (Fsp3) is 0.417. The van der Waals surface area contributed by atoms with E-state index in [0.29, 0.717) is 11.3 Å². The van der Waals surface area contributed by atoms with E-state index in [1.54, 1.807) is 26.0 Å². The molecule has 0 bridgehead atoms. The number of benzene rings is 1. The van der Waals surface area contributed by atoms with Crippen molar-refractivity contribution in [2.24, 2.45) is 16.8 Å². The van der Waals surface area contributed by atoms with Crippen LogP contribution in [0, 0.1) is 19.8 Å². The summed E-state index contributed by atoms with van der Waals surface area (Å²) in [7, 11) is 0. The molecule has 1 atom stereocenters. The van der Waals surface area contributed by atoms with Crippen molar-refractivity contribution in [3.63, 3.8) is 0 Å². The van der Waals surface area contributed by atoms with Gasteiger partial charge < -0.3 is 15.7 Å². The molecule has 0 amide bonds. The summed E-state index contributed by atoms with van der Waals surface area (Å²) < 4.78 is 43.2. The monoisotopic (exact) mass is 276 g/mol. The van der Waals surface area contributed by atoms with Crippen molar-refractivity contribution in [1.82, 2.24) is 0 Å². The maximum Gasteiger partial charge on any atom is 0.402 e. The van der Waals surface area contributed by atoms with Gasteiger partial charge in [0.25, 0.3) is 0 Å². The molecular formula is C12H15F3N2O2. The summed E-state index contributed by atoms with van der Waals surface area (Å²) in [4.78, 5) is 0. The quantitative estimate of drug-likeness (QED) is 0.384. The summed E-state index contributed by atoms with van der Waals surface area (Å²) in [5, 5.41) is 10.8. The Kier molecular flexibility index (Phi) is 4.63. The SMILES string of the molecule is Cc1ccc(C)c(OCC(/C(N)=N/O)C(F)(F)F)c1. The molecule has 0 aliphatic heterocycles. The molecule has 19 heavy (non-hydrogen) atoms. The molecule has 1 aromatic carbocycles. The van der Waals surface area contributed by atoms with Gasteiger partial charge in [-0.15, -0.1) is 0 Å². The number of aryl methyl sites for hydroxylation is 2. The van der Waals surface area contributed by atoms with Crippen LogP contribution < -0.4 is 10.5 Å². The van der Waals surface area contributed by atoms with Gasteiger partial charge in [-0.3, -0.25) is 0 Å². The summed E-state index contributed by atoms with van der Waals surface area (Å²) in [6, 6.07) is 5.21. The second-order valence-corrected chi connectivity index (χ2v) is 4.20. The Labute approximate surface area is 108 Å². The molecule has 3 N–H and O–H groups in total. The lowest BCUT2D eigenvalue weighted by atomic mass is 10.1. The predicted octanol–water partition coefficient (Wildman–Crippen LogP) is 2.61. The zero-order valence-electron chi connectivity index (χ0n) is 10.5. The molecule has 0 aliphatic carbocycles. The van der Waals surface area contributed by atoms with E-state index in [0.717, 1.165) is 5.56 Å². The van der Waals surface area contributed by atoms with Gasteiger partial charge in [-0.2, -0.15) is 13.2 Å². The Bertz CT molecular complexity index is 473. The Morgan fingerprint density at radius 1 is 1.42 bits per heavy atom. The first-order valence-electron chi connectivity index (χ1n) is 5.50. The standard InChI is InChI=1S/C12H15F3N2O2/c1-7-3-4-8(2)10(5-7)19-6-9(11(16)17-18)12(13,14)15/h3-5,9,18H,6H2,1-2H3,(H2,16,17). The van der Waals surface area contributed by atoms with Crippen molar-refractivity contribution in [2.75, 3.05) is 6.61 Å². The van der Waals surface area contributed by atoms with Gasteiger partial charge in [-0.05, 0) is 31.0 Å². The number of hydrogen-bond acceptors (Lipinski definition) is 3. The Balaban J connectivity index is 2.85. The van der Waals surface area contributed by atoms with E-state index in [4.69, 9.17) is 15.7 Å². The van der Waals surface area contributed by atoms with Gasteiger partial charge in [0.1, 0.15) is 18.3 Å². The van der Waals surface area contributed by atoms with Crippen molar-refractivity contribution in [1.29, 1.82) is 0 Å². The van der Waals surface area contributed by atoms with Crippen LogP contribution in [0.4, 0.5) is 13.2 Å². The lowest BCUT2D eigenvalue weighted by Gasteiger charge is -2.20. The minimum Gasteiger partial charge on any atom is -0.492 e. The van der Waals surface area contributed by atoms with Crippen molar-refractivity contribution in [3.05, 3.63) is 29.3 Å². The molecule has 0 aromatic heterocycles. The van der Waals surface area contributed by atoms with Crippen LogP contribution in [-0.2, 0) is 0 Å². The molecule has 0 spiro atoms. The van der Waals surface area contributed by atoms with Gasteiger partial charge in [0, 0.05) is 0 Å². The molecule has 4 nitrogen and oxygen atoms in total. The summed E-state index contributed by atoms with van der Waals surface area (Å²) >= 11 is 0. The zero-order valence-corrected chi connectivity index (χ0v) is 10.5. The molecule has 0 heterocycles. The third kappa shape index (κ3) is 4.04. The minimum atomic E-state index is -4.63. The second kappa shape index (κ2) is 5.81. The minimum absolute atomic E-state index is 0.347. The first kappa shape index (κ1) is 15.1. The summed E-state index contributed by atoms with van der Waals surface area (Å²) in [5.74, 6) is -2.71. The van der Waals surface area contributed by atoms with E-state index in [1.165, 1.54) is 0 Å². The molecule has 106 valence electrons. The topological polar surface area (TPSA) is 67.8 Å². The molecule has 1 rings (SSSR count). The van der Waals surface area contributed by atoms with E-state index in [9.17, 15) is 13.2 Å². The van der Waals surface area contributed by atoms with E-state index >= 15 is 0 Å². The maximum atomic E-state index is 12.7. The number of nitrogens with two attached hydrogens (primary N) is 1. The van der Waals surface area contributed by atoms with Crippen LogP contribution in [0.2, 0.25) is 0 Å². The summed E-state index contributed by atoms with van der Waals surface area (Å²) in [6.07, 6.45) is -4.63. The van der Waals surface area contributed by atoms with Crippen LogP contribution in [0.1, 0.15) is 11.1 Å². The predicted molar refractivity (Wildman–Crippen MR) is 64.4 cm³/mol. The molecule has 1 aromatic rings. The van der Waals surface area contributed by atoms with Gasteiger partial charge in [-0.1, -0.05) is 17.3 Å². The first-order chi connectivity index (χ1) is 8.75. The number of rotatable bonds is 4. The molecule has 7 heteroatoms. The van der Waals surface area contributed by atoms with Crippen LogP contribution in [-0.4, -0.2) is 23.8 Å². The Morgan fingerprint density at radius 2 is 2.05 bits per heavy atom. The zero-order chi connectivity index (χ0) is 14.6. The Morgan fingerprint density at radius 3 is 2.58 bits per heavy atom. The van der Waals surface area contributed by atoms with E-state index < -0.39 is 24.5 Å². The van der Waals surface area contributed by atoms with Crippen molar-refractivity contribution in [3.8, 4) is 5.75 Å². The number of nitrogens with zero attached hydrogens (tertiary/aromatic N) is 1. The highest BCUT2D eigenvalue weighted by Gasteiger charge is 2.43. The normalized spacial score (nSPS) is 14.3. The largest absolute Gasteiger partial charge is 0.492 e. The third-order valence-corrected chi connectivity index (χ3v) is 2.62. The van der Waals surface area contributed by atoms with Crippen molar-refractivity contribution < 1.29 is 23.1 Å². The smallest absolute Gasteiger partial charge is 0.402 e. The van der Waals surface area contributed by atoms with Crippen LogP contribution in [0.25, 0.3) is 0 Å². The van der Waals surface area contributed by atoms with E-state index in [-0.39, 0.29) is 0 Å². The first-order valence-corrected chi connectivity index (χ1v) is 5.50. The van der Waals surface area contributed by atoms with E-state index in [2.05, 4.69) is 5.16 Å². The molecular weight excluding hydrogens is 261 g/mol. The van der Waals surface area contributed by atoms with Crippen molar-refractivity contribution >= 4 is 5.84 Å². The second-order valence-electron chi connectivity index (χ2n) is 4.20. The number of ether oxygens (including phenoxy) is 1. The third-order valence-electron chi connectivity index (χ3n) is 2.62. The van der Waals surface area contributed by atoms with Crippen LogP contribution in [0.5, 0.6) is 5.75 Å².